The van der Waals surface area contributed by atoms with Crippen molar-refractivity contribution in [2.45, 2.75) is 33.6 Å². The van der Waals surface area contributed by atoms with E-state index in [1.165, 1.54) is 0 Å². The number of benzene rings is 1. The highest BCUT2D eigenvalue weighted by atomic mass is 35.5. The minimum atomic E-state index is -1.19. The Hall–Kier alpha value is -1.88. The average molecular weight is 309 g/mol. The lowest BCUT2D eigenvalue weighted by Crippen LogP contribution is -2.64. The first kappa shape index (κ1) is 15.5. The molecule has 1 aromatic rings. The zero-order valence-electron chi connectivity index (χ0n) is 12.2. The monoisotopic (exact) mass is 308 g/mol. The third kappa shape index (κ3) is 2.31. The van der Waals surface area contributed by atoms with Crippen LogP contribution >= 0.6 is 11.6 Å². The van der Waals surface area contributed by atoms with Crippen LogP contribution in [0.2, 0.25) is 5.02 Å². The van der Waals surface area contributed by atoms with Crippen molar-refractivity contribution in [3.63, 3.8) is 0 Å². The smallest absolute Gasteiger partial charge is 0.276 e. The standard InChI is InChI=1S/C15H17ClN2O3/c1-4-15(5-2)12(19)17-14(21)18(13(15)20)11-7-6-10(16)8-9(11)3/h6-8H,4-5H2,1-3H3,(H,17,19,21). The van der Waals surface area contributed by atoms with E-state index in [0.29, 0.717) is 29.1 Å². The molecule has 2 rings (SSSR count). The van der Waals surface area contributed by atoms with Gasteiger partial charge < -0.3 is 0 Å². The van der Waals surface area contributed by atoms with Crippen LogP contribution in [-0.2, 0) is 9.59 Å². The maximum atomic E-state index is 12.8. The molecule has 1 saturated heterocycles. The van der Waals surface area contributed by atoms with Crippen molar-refractivity contribution in [1.82, 2.24) is 5.32 Å². The van der Waals surface area contributed by atoms with Crippen LogP contribution in [0.25, 0.3) is 0 Å². The molecule has 0 unspecified atom stereocenters. The molecule has 21 heavy (non-hydrogen) atoms. The number of amides is 4. The largest absolute Gasteiger partial charge is 0.335 e. The summed E-state index contributed by atoms with van der Waals surface area (Å²) < 4.78 is 0. The Bertz CT molecular complexity index is 623. The second-order valence-corrected chi connectivity index (χ2v) is 5.56. The van der Waals surface area contributed by atoms with E-state index in [0.717, 1.165) is 4.90 Å². The number of urea groups is 1. The number of barbiturate groups is 1. The lowest BCUT2D eigenvalue weighted by molar-refractivity contribution is -0.143. The molecule has 0 radical (unpaired) electrons. The summed E-state index contributed by atoms with van der Waals surface area (Å²) >= 11 is 5.90. The van der Waals surface area contributed by atoms with E-state index >= 15 is 0 Å². The predicted octanol–water partition coefficient (Wildman–Crippen LogP) is 3.04. The molecule has 1 aliphatic heterocycles. The molecule has 0 aromatic heterocycles. The topological polar surface area (TPSA) is 66.5 Å². The molecule has 1 aromatic carbocycles. The van der Waals surface area contributed by atoms with Crippen LogP contribution in [0.5, 0.6) is 0 Å². The van der Waals surface area contributed by atoms with Crippen LogP contribution < -0.4 is 10.2 Å². The molecule has 1 aliphatic rings. The van der Waals surface area contributed by atoms with Crippen LogP contribution in [-0.4, -0.2) is 17.8 Å². The van der Waals surface area contributed by atoms with Crippen LogP contribution in [0.3, 0.4) is 0 Å². The number of rotatable bonds is 3. The number of anilines is 1. The second-order valence-electron chi connectivity index (χ2n) is 5.12. The van der Waals surface area contributed by atoms with Gasteiger partial charge in [0.25, 0.3) is 5.91 Å². The quantitative estimate of drug-likeness (QED) is 0.873. The minimum absolute atomic E-state index is 0.338. The summed E-state index contributed by atoms with van der Waals surface area (Å²) in [5.74, 6) is -1.00. The van der Waals surface area contributed by atoms with Crippen molar-refractivity contribution in [2.24, 2.45) is 5.41 Å². The lowest BCUT2D eigenvalue weighted by Gasteiger charge is -2.38. The highest BCUT2D eigenvalue weighted by molar-refractivity contribution is 6.32. The van der Waals surface area contributed by atoms with E-state index in [1.54, 1.807) is 39.0 Å². The van der Waals surface area contributed by atoms with Crippen LogP contribution in [0.4, 0.5) is 10.5 Å². The predicted molar refractivity (Wildman–Crippen MR) is 80.2 cm³/mol. The molecule has 5 nitrogen and oxygen atoms in total. The van der Waals surface area contributed by atoms with Gasteiger partial charge in [0, 0.05) is 5.02 Å². The Morgan fingerprint density at radius 3 is 2.33 bits per heavy atom. The third-order valence-corrected chi connectivity index (χ3v) is 4.31. The molecule has 4 amide bonds. The van der Waals surface area contributed by atoms with Crippen LogP contribution in [0.15, 0.2) is 18.2 Å². The SMILES string of the molecule is CCC1(CC)C(=O)NC(=O)N(c2ccc(Cl)cc2C)C1=O. The summed E-state index contributed by atoms with van der Waals surface area (Å²) in [6.45, 7) is 5.30. The minimum Gasteiger partial charge on any atom is -0.276 e. The number of nitrogens with one attached hydrogen (secondary N) is 1. The first-order chi connectivity index (χ1) is 9.87. The third-order valence-electron chi connectivity index (χ3n) is 4.08. The molecule has 6 heteroatoms. The number of carbonyl (C=O) groups is 3. The molecular weight excluding hydrogens is 292 g/mol. The van der Waals surface area contributed by atoms with E-state index in [2.05, 4.69) is 5.32 Å². The van der Waals surface area contributed by atoms with Gasteiger partial charge in [0.05, 0.1) is 5.69 Å². The molecule has 0 aliphatic carbocycles. The zero-order valence-corrected chi connectivity index (χ0v) is 13.0. The Kier molecular flexibility index (Phi) is 4.05. The van der Waals surface area contributed by atoms with E-state index in [4.69, 9.17) is 11.6 Å². The van der Waals surface area contributed by atoms with Gasteiger partial charge in [-0.2, -0.15) is 0 Å². The van der Waals surface area contributed by atoms with Crippen LogP contribution in [0.1, 0.15) is 32.3 Å². The van der Waals surface area contributed by atoms with E-state index < -0.39 is 23.3 Å². The van der Waals surface area contributed by atoms with Crippen molar-refractivity contribution in [1.29, 1.82) is 0 Å². The summed E-state index contributed by atoms with van der Waals surface area (Å²) in [7, 11) is 0. The van der Waals surface area contributed by atoms with E-state index in [-0.39, 0.29) is 0 Å². The second kappa shape index (κ2) is 5.48. The molecule has 1 heterocycles. The maximum absolute atomic E-state index is 12.8. The first-order valence-corrected chi connectivity index (χ1v) is 7.21. The highest BCUT2D eigenvalue weighted by Gasteiger charge is 2.52. The Morgan fingerprint density at radius 2 is 1.81 bits per heavy atom. The van der Waals surface area contributed by atoms with Gasteiger partial charge in [-0.3, -0.25) is 14.9 Å². The average Bonchev–Trinajstić information content (AvgIpc) is 2.42. The number of nitrogens with zero attached hydrogens (tertiary/aromatic N) is 1. The van der Waals surface area contributed by atoms with Gasteiger partial charge in [-0.1, -0.05) is 25.4 Å². The molecular formula is C15H17ClN2O3. The van der Waals surface area contributed by atoms with E-state index in [1.807, 2.05) is 0 Å². The molecule has 0 bridgehead atoms. The molecule has 0 spiro atoms. The van der Waals surface area contributed by atoms with Crippen molar-refractivity contribution >= 4 is 35.1 Å². The molecule has 1 fully saturated rings. The van der Waals surface area contributed by atoms with Crippen molar-refractivity contribution in [3.8, 4) is 0 Å². The Morgan fingerprint density at radius 1 is 1.19 bits per heavy atom. The van der Waals surface area contributed by atoms with Crippen molar-refractivity contribution in [2.75, 3.05) is 4.90 Å². The Labute approximate surface area is 128 Å². The van der Waals surface area contributed by atoms with Crippen molar-refractivity contribution in [3.05, 3.63) is 28.8 Å². The fourth-order valence-electron chi connectivity index (χ4n) is 2.64. The van der Waals surface area contributed by atoms with Crippen LogP contribution in [0, 0.1) is 12.3 Å². The molecule has 112 valence electrons. The van der Waals surface area contributed by atoms with Gasteiger partial charge in [-0.15, -0.1) is 0 Å². The summed E-state index contributed by atoms with van der Waals surface area (Å²) in [6.07, 6.45) is 0.676. The molecule has 0 atom stereocenters. The fourth-order valence-corrected chi connectivity index (χ4v) is 2.86. The van der Waals surface area contributed by atoms with E-state index in [9.17, 15) is 14.4 Å². The number of imide groups is 2. The van der Waals surface area contributed by atoms with Crippen molar-refractivity contribution < 1.29 is 14.4 Å². The number of carbonyl (C=O) groups excluding carboxylic acids is 3. The number of halogens is 1. The zero-order chi connectivity index (χ0) is 15.8. The summed E-state index contributed by atoms with van der Waals surface area (Å²) in [5, 5.41) is 2.81. The normalized spacial score (nSPS) is 17.9. The number of aryl methyl sites for hydroxylation is 1. The van der Waals surface area contributed by atoms with Gasteiger partial charge in [0.15, 0.2) is 0 Å². The number of hydrogen-bond acceptors (Lipinski definition) is 3. The van der Waals surface area contributed by atoms with Gasteiger partial charge in [-0.25, -0.2) is 9.69 Å². The number of hydrogen-bond donors (Lipinski definition) is 1. The summed E-state index contributed by atoms with van der Waals surface area (Å²) in [5.41, 5.74) is -0.0536. The van der Waals surface area contributed by atoms with Gasteiger partial charge >= 0.3 is 6.03 Å². The summed E-state index contributed by atoms with van der Waals surface area (Å²) in [4.78, 5) is 38.0. The lowest BCUT2D eigenvalue weighted by atomic mass is 9.78. The van der Waals surface area contributed by atoms with Gasteiger partial charge in [0.2, 0.25) is 5.91 Å². The van der Waals surface area contributed by atoms with Gasteiger partial charge in [-0.05, 0) is 43.5 Å². The summed E-state index contributed by atoms with van der Waals surface area (Å²) in [6, 6.07) is 4.18. The fraction of sp³-hybridized carbons (Fsp3) is 0.400. The highest BCUT2D eigenvalue weighted by Crippen LogP contribution is 2.36. The molecule has 0 saturated carbocycles. The van der Waals surface area contributed by atoms with Gasteiger partial charge in [0.1, 0.15) is 5.41 Å². The first-order valence-electron chi connectivity index (χ1n) is 6.83. The molecule has 1 N–H and O–H groups in total. The Balaban J connectivity index is 2.54. The maximum Gasteiger partial charge on any atom is 0.335 e.